The third-order valence-electron chi connectivity index (χ3n) is 3.55. The van der Waals surface area contributed by atoms with Crippen molar-refractivity contribution in [2.24, 2.45) is 5.92 Å². The molecule has 2 aliphatic heterocycles. The lowest BCUT2D eigenvalue weighted by Gasteiger charge is -2.41. The SMILES string of the molecule is O=C1CCC2CN(C(=O)NCC(F)(F)F)CCC2N1. The van der Waals surface area contributed by atoms with Crippen LogP contribution in [0.5, 0.6) is 0 Å². The van der Waals surface area contributed by atoms with Gasteiger partial charge in [-0.05, 0) is 18.8 Å². The second kappa shape index (κ2) is 5.26. The molecule has 0 radical (unpaired) electrons. The number of likely N-dealkylation sites (tertiary alicyclic amines) is 1. The lowest BCUT2D eigenvalue weighted by molar-refractivity contribution is -0.126. The molecule has 5 nitrogen and oxygen atoms in total. The molecule has 2 fully saturated rings. The summed E-state index contributed by atoms with van der Waals surface area (Å²) in [5.74, 6) is 0.152. The van der Waals surface area contributed by atoms with Crippen molar-refractivity contribution in [2.75, 3.05) is 19.6 Å². The summed E-state index contributed by atoms with van der Waals surface area (Å²) >= 11 is 0. The molecule has 2 aliphatic rings. The molecule has 2 N–H and O–H groups in total. The maximum Gasteiger partial charge on any atom is 0.405 e. The zero-order valence-corrected chi connectivity index (χ0v) is 10.3. The number of amides is 3. The van der Waals surface area contributed by atoms with Crippen LogP contribution in [-0.2, 0) is 4.79 Å². The molecule has 0 aromatic heterocycles. The van der Waals surface area contributed by atoms with E-state index in [-0.39, 0.29) is 17.9 Å². The number of halogens is 3. The van der Waals surface area contributed by atoms with E-state index >= 15 is 0 Å². The van der Waals surface area contributed by atoms with Gasteiger partial charge in [0.2, 0.25) is 5.91 Å². The van der Waals surface area contributed by atoms with Crippen molar-refractivity contribution in [1.82, 2.24) is 15.5 Å². The Morgan fingerprint density at radius 1 is 1.42 bits per heavy atom. The lowest BCUT2D eigenvalue weighted by atomic mass is 9.85. The van der Waals surface area contributed by atoms with Crippen molar-refractivity contribution >= 4 is 11.9 Å². The van der Waals surface area contributed by atoms with E-state index in [4.69, 9.17) is 0 Å². The zero-order valence-electron chi connectivity index (χ0n) is 10.3. The normalized spacial score (nSPS) is 27.5. The van der Waals surface area contributed by atoms with Gasteiger partial charge in [0.15, 0.2) is 0 Å². The third-order valence-corrected chi connectivity index (χ3v) is 3.55. The molecule has 0 spiro atoms. The molecular formula is C11H16F3N3O2. The molecule has 19 heavy (non-hydrogen) atoms. The second-order valence-electron chi connectivity index (χ2n) is 4.98. The molecule has 108 valence electrons. The number of alkyl halides is 3. The first-order valence-electron chi connectivity index (χ1n) is 6.24. The van der Waals surface area contributed by atoms with Crippen LogP contribution in [0.15, 0.2) is 0 Å². The average molecular weight is 279 g/mol. The number of rotatable bonds is 1. The molecule has 0 saturated carbocycles. The van der Waals surface area contributed by atoms with Gasteiger partial charge in [-0.25, -0.2) is 4.79 Å². The van der Waals surface area contributed by atoms with Crippen molar-refractivity contribution in [3.05, 3.63) is 0 Å². The van der Waals surface area contributed by atoms with Crippen molar-refractivity contribution in [3.63, 3.8) is 0 Å². The van der Waals surface area contributed by atoms with Gasteiger partial charge in [-0.1, -0.05) is 0 Å². The van der Waals surface area contributed by atoms with E-state index in [1.54, 1.807) is 0 Å². The maximum atomic E-state index is 12.0. The Bertz CT molecular complexity index is 373. The molecule has 3 amide bonds. The Balaban J connectivity index is 1.83. The first kappa shape index (κ1) is 14.0. The summed E-state index contributed by atoms with van der Waals surface area (Å²) in [4.78, 5) is 24.2. The van der Waals surface area contributed by atoms with E-state index in [0.717, 1.165) is 0 Å². The minimum Gasteiger partial charge on any atom is -0.353 e. The number of carbonyl (C=O) groups excluding carboxylic acids is 2. The van der Waals surface area contributed by atoms with Gasteiger partial charge in [0.25, 0.3) is 0 Å². The molecule has 0 aromatic carbocycles. The predicted molar refractivity (Wildman–Crippen MR) is 60.3 cm³/mol. The van der Waals surface area contributed by atoms with E-state index in [1.165, 1.54) is 4.90 Å². The molecular weight excluding hydrogens is 263 g/mol. The van der Waals surface area contributed by atoms with Gasteiger partial charge < -0.3 is 15.5 Å². The minimum absolute atomic E-state index is 0.0104. The topological polar surface area (TPSA) is 61.4 Å². The number of carbonyl (C=O) groups is 2. The highest BCUT2D eigenvalue weighted by Crippen LogP contribution is 2.25. The quantitative estimate of drug-likeness (QED) is 0.748. The van der Waals surface area contributed by atoms with E-state index in [2.05, 4.69) is 5.32 Å². The molecule has 2 saturated heterocycles. The summed E-state index contributed by atoms with van der Waals surface area (Å²) in [6, 6.07) is -0.638. The summed E-state index contributed by atoms with van der Waals surface area (Å²) in [5.41, 5.74) is 0. The number of fused-ring (bicyclic) bond motifs is 1. The van der Waals surface area contributed by atoms with Crippen molar-refractivity contribution in [3.8, 4) is 0 Å². The van der Waals surface area contributed by atoms with Crippen LogP contribution in [0.2, 0.25) is 0 Å². The van der Waals surface area contributed by atoms with Gasteiger partial charge in [-0.15, -0.1) is 0 Å². The van der Waals surface area contributed by atoms with Gasteiger partial charge in [0.1, 0.15) is 6.54 Å². The Hall–Kier alpha value is -1.47. The molecule has 2 heterocycles. The van der Waals surface area contributed by atoms with E-state index in [9.17, 15) is 22.8 Å². The van der Waals surface area contributed by atoms with Crippen molar-refractivity contribution in [2.45, 2.75) is 31.5 Å². The molecule has 8 heteroatoms. The molecule has 0 bridgehead atoms. The highest BCUT2D eigenvalue weighted by atomic mass is 19.4. The number of urea groups is 1. The second-order valence-corrected chi connectivity index (χ2v) is 4.98. The van der Waals surface area contributed by atoms with Crippen LogP contribution in [0, 0.1) is 5.92 Å². The Morgan fingerprint density at radius 3 is 2.84 bits per heavy atom. The smallest absolute Gasteiger partial charge is 0.353 e. The minimum atomic E-state index is -4.40. The zero-order chi connectivity index (χ0) is 14.0. The summed E-state index contributed by atoms with van der Waals surface area (Å²) in [6.45, 7) is -0.549. The Morgan fingerprint density at radius 2 is 2.16 bits per heavy atom. The van der Waals surface area contributed by atoms with E-state index in [0.29, 0.717) is 32.4 Å². The monoisotopic (exact) mass is 279 g/mol. The van der Waals surface area contributed by atoms with Crippen LogP contribution < -0.4 is 10.6 Å². The molecule has 2 unspecified atom stereocenters. The lowest BCUT2D eigenvalue weighted by Crippen LogP contribution is -2.57. The molecule has 0 aliphatic carbocycles. The van der Waals surface area contributed by atoms with Crippen LogP contribution in [0.25, 0.3) is 0 Å². The van der Waals surface area contributed by atoms with Crippen LogP contribution in [-0.4, -0.2) is 48.7 Å². The first-order chi connectivity index (χ1) is 8.85. The van der Waals surface area contributed by atoms with Gasteiger partial charge in [0, 0.05) is 25.6 Å². The van der Waals surface area contributed by atoms with Crippen molar-refractivity contribution in [1.29, 1.82) is 0 Å². The van der Waals surface area contributed by atoms with Crippen LogP contribution in [0.1, 0.15) is 19.3 Å². The largest absolute Gasteiger partial charge is 0.405 e. The average Bonchev–Trinajstić information content (AvgIpc) is 2.34. The Kier molecular flexibility index (Phi) is 3.86. The van der Waals surface area contributed by atoms with Crippen LogP contribution >= 0.6 is 0 Å². The Labute approximate surface area is 108 Å². The standard InChI is InChI=1S/C11H16F3N3O2/c12-11(13,14)6-15-10(19)17-4-3-8-7(5-17)1-2-9(18)16-8/h7-8H,1-6H2,(H,15,19)(H,16,18). The highest BCUT2D eigenvalue weighted by Gasteiger charge is 2.36. The fourth-order valence-corrected chi connectivity index (χ4v) is 2.58. The van der Waals surface area contributed by atoms with Gasteiger partial charge in [-0.2, -0.15) is 13.2 Å². The number of piperidine rings is 2. The first-order valence-corrected chi connectivity index (χ1v) is 6.24. The predicted octanol–water partition coefficient (Wildman–Crippen LogP) is 0.859. The van der Waals surface area contributed by atoms with Gasteiger partial charge in [-0.3, -0.25) is 4.79 Å². The number of nitrogens with zero attached hydrogens (tertiary/aromatic N) is 1. The maximum absolute atomic E-state index is 12.0. The molecule has 2 atom stereocenters. The van der Waals surface area contributed by atoms with E-state index < -0.39 is 18.8 Å². The van der Waals surface area contributed by atoms with Crippen LogP contribution in [0.3, 0.4) is 0 Å². The van der Waals surface area contributed by atoms with Crippen LogP contribution in [0.4, 0.5) is 18.0 Å². The number of nitrogens with one attached hydrogen (secondary N) is 2. The third kappa shape index (κ3) is 3.74. The number of hydrogen-bond acceptors (Lipinski definition) is 2. The van der Waals surface area contributed by atoms with Crippen molar-refractivity contribution < 1.29 is 22.8 Å². The summed E-state index contributed by atoms with van der Waals surface area (Å²) in [6.07, 6.45) is -2.71. The molecule has 2 rings (SSSR count). The van der Waals surface area contributed by atoms with Gasteiger partial charge in [0.05, 0.1) is 0 Å². The van der Waals surface area contributed by atoms with E-state index in [1.807, 2.05) is 5.32 Å². The fraction of sp³-hybridized carbons (Fsp3) is 0.818. The summed E-state index contributed by atoms with van der Waals surface area (Å²) in [7, 11) is 0. The fourth-order valence-electron chi connectivity index (χ4n) is 2.58. The number of hydrogen-bond donors (Lipinski definition) is 2. The highest BCUT2D eigenvalue weighted by molar-refractivity contribution is 5.77. The summed E-state index contributed by atoms with van der Waals surface area (Å²) in [5, 5.41) is 4.73. The summed E-state index contributed by atoms with van der Waals surface area (Å²) < 4.78 is 36.0. The molecule has 0 aromatic rings. The van der Waals surface area contributed by atoms with Gasteiger partial charge >= 0.3 is 12.2 Å².